The van der Waals surface area contributed by atoms with Crippen molar-refractivity contribution in [2.24, 2.45) is 0 Å². The van der Waals surface area contributed by atoms with Gasteiger partial charge in [-0.3, -0.25) is 0 Å². The van der Waals surface area contributed by atoms with Gasteiger partial charge in [0.05, 0.1) is 19.3 Å². The number of rotatable bonds is 1. The average Bonchev–Trinajstić information content (AvgIpc) is 2.68. The number of fused-ring (bicyclic) bond motifs is 3. The first-order valence-electron chi connectivity index (χ1n) is 5.81. The molecule has 0 saturated heterocycles. The molecule has 84 valence electrons. The number of H-pyrrole nitrogens is 1. The molecule has 3 N–H and O–H groups in total. The summed E-state index contributed by atoms with van der Waals surface area (Å²) in [4.78, 5) is 3.53. The van der Waals surface area contributed by atoms with E-state index in [0.29, 0.717) is 6.04 Å². The minimum atomic E-state index is 0.544. The van der Waals surface area contributed by atoms with Crippen molar-refractivity contribution in [3.8, 4) is 5.75 Å². The second-order valence-electron chi connectivity index (χ2n) is 4.49. The molecular weight excluding hydrogens is 200 g/mol. The molecule has 0 saturated carbocycles. The summed E-state index contributed by atoms with van der Waals surface area (Å²) >= 11 is 0. The normalized spacial score (nSPS) is 19.8. The standard InChI is InChI=1S/C13H16N2O/c1-8-13-10(5-6-14-8)11-7-9(16-2)3-4-12(11)15-13/h3-4,7-8,14-15H,5-6H2,1-2H3/p+1/t8-/m0/s1. The number of methoxy groups -OCH3 is 1. The first kappa shape index (κ1) is 9.73. The SMILES string of the molecule is COc1ccc2[nH]c3c(c2c1)CC[NH2+][C@H]3C. The molecular formula is C13H17N2O+. The fourth-order valence-electron chi connectivity index (χ4n) is 2.63. The molecule has 3 nitrogen and oxygen atoms in total. The van der Waals surface area contributed by atoms with Gasteiger partial charge in [-0.2, -0.15) is 0 Å². The maximum absolute atomic E-state index is 5.29. The quantitative estimate of drug-likeness (QED) is 0.744. The van der Waals surface area contributed by atoms with E-state index < -0.39 is 0 Å². The number of ether oxygens (including phenoxy) is 1. The molecule has 2 heterocycles. The van der Waals surface area contributed by atoms with Crippen LogP contribution in [-0.4, -0.2) is 18.6 Å². The first-order chi connectivity index (χ1) is 7.79. The number of aromatic nitrogens is 1. The van der Waals surface area contributed by atoms with Crippen molar-refractivity contribution < 1.29 is 10.1 Å². The molecule has 3 heteroatoms. The van der Waals surface area contributed by atoms with Crippen molar-refractivity contribution in [1.82, 2.24) is 4.98 Å². The van der Waals surface area contributed by atoms with Crippen LogP contribution in [0.4, 0.5) is 0 Å². The molecule has 3 rings (SSSR count). The van der Waals surface area contributed by atoms with Crippen LogP contribution in [0.15, 0.2) is 18.2 Å². The number of hydrogen-bond acceptors (Lipinski definition) is 1. The molecule has 1 aliphatic rings. The van der Waals surface area contributed by atoms with Gasteiger partial charge in [-0.25, -0.2) is 0 Å². The lowest BCUT2D eigenvalue weighted by Crippen LogP contribution is -2.86. The molecule has 0 radical (unpaired) electrons. The lowest BCUT2D eigenvalue weighted by Gasteiger charge is -2.17. The van der Waals surface area contributed by atoms with E-state index in [4.69, 9.17) is 4.74 Å². The Hall–Kier alpha value is -1.48. The Bertz CT molecular complexity index is 530. The second-order valence-corrected chi connectivity index (χ2v) is 4.49. The van der Waals surface area contributed by atoms with Crippen LogP contribution in [0.3, 0.4) is 0 Å². The molecule has 1 atom stereocenters. The summed E-state index contributed by atoms with van der Waals surface area (Å²) in [6.45, 7) is 3.43. The van der Waals surface area contributed by atoms with Crippen LogP contribution in [-0.2, 0) is 6.42 Å². The van der Waals surface area contributed by atoms with Crippen LogP contribution in [0.5, 0.6) is 5.75 Å². The third-order valence-corrected chi connectivity index (χ3v) is 3.52. The molecule has 1 aromatic carbocycles. The number of benzene rings is 1. The fourth-order valence-corrected chi connectivity index (χ4v) is 2.63. The molecule has 0 spiro atoms. The Morgan fingerprint density at radius 3 is 3.12 bits per heavy atom. The Balaban J connectivity index is 2.25. The van der Waals surface area contributed by atoms with E-state index in [1.807, 2.05) is 6.07 Å². The van der Waals surface area contributed by atoms with Crippen LogP contribution in [0, 0.1) is 0 Å². The smallest absolute Gasteiger partial charge is 0.124 e. The van der Waals surface area contributed by atoms with Gasteiger partial charge in [0, 0.05) is 17.3 Å². The third-order valence-electron chi connectivity index (χ3n) is 3.52. The summed E-state index contributed by atoms with van der Waals surface area (Å²) in [5.74, 6) is 0.941. The highest BCUT2D eigenvalue weighted by atomic mass is 16.5. The largest absolute Gasteiger partial charge is 0.497 e. The lowest BCUT2D eigenvalue weighted by molar-refractivity contribution is -0.696. The highest BCUT2D eigenvalue weighted by molar-refractivity contribution is 5.86. The number of nitrogens with two attached hydrogens (primary N) is 1. The van der Waals surface area contributed by atoms with Crippen molar-refractivity contribution in [1.29, 1.82) is 0 Å². The van der Waals surface area contributed by atoms with Crippen molar-refractivity contribution in [2.45, 2.75) is 19.4 Å². The number of hydrogen-bond donors (Lipinski definition) is 2. The zero-order valence-electron chi connectivity index (χ0n) is 9.71. The van der Waals surface area contributed by atoms with E-state index >= 15 is 0 Å². The molecule has 1 aliphatic heterocycles. The molecule has 0 aliphatic carbocycles. The van der Waals surface area contributed by atoms with Crippen molar-refractivity contribution in [3.05, 3.63) is 29.5 Å². The highest BCUT2D eigenvalue weighted by Crippen LogP contribution is 2.30. The van der Waals surface area contributed by atoms with E-state index in [1.54, 1.807) is 7.11 Å². The van der Waals surface area contributed by atoms with Gasteiger partial charge in [0.15, 0.2) is 0 Å². The van der Waals surface area contributed by atoms with Gasteiger partial charge in [0.1, 0.15) is 11.8 Å². The van der Waals surface area contributed by atoms with Gasteiger partial charge in [-0.1, -0.05) is 0 Å². The summed E-state index contributed by atoms with van der Waals surface area (Å²) < 4.78 is 5.29. The van der Waals surface area contributed by atoms with Crippen LogP contribution in [0.2, 0.25) is 0 Å². The number of quaternary nitrogens is 1. The average molecular weight is 217 g/mol. The maximum atomic E-state index is 5.29. The van der Waals surface area contributed by atoms with Gasteiger partial charge < -0.3 is 15.0 Å². The Labute approximate surface area is 94.8 Å². The molecule has 1 aromatic heterocycles. The summed E-state index contributed by atoms with van der Waals surface area (Å²) in [7, 11) is 1.72. The van der Waals surface area contributed by atoms with Crippen molar-refractivity contribution >= 4 is 10.9 Å². The molecule has 2 aromatic rings. The van der Waals surface area contributed by atoms with Crippen molar-refractivity contribution in [3.63, 3.8) is 0 Å². The van der Waals surface area contributed by atoms with E-state index in [0.717, 1.165) is 12.2 Å². The Morgan fingerprint density at radius 1 is 1.44 bits per heavy atom. The zero-order chi connectivity index (χ0) is 11.1. The lowest BCUT2D eigenvalue weighted by atomic mass is 10.0. The summed E-state index contributed by atoms with van der Waals surface area (Å²) in [6.07, 6.45) is 1.15. The van der Waals surface area contributed by atoms with E-state index in [9.17, 15) is 0 Å². The minimum absolute atomic E-state index is 0.544. The van der Waals surface area contributed by atoms with E-state index in [2.05, 4.69) is 29.4 Å². The Morgan fingerprint density at radius 2 is 2.31 bits per heavy atom. The molecule has 0 bridgehead atoms. The summed E-state index contributed by atoms with van der Waals surface area (Å²) in [6, 6.07) is 6.81. The van der Waals surface area contributed by atoms with Gasteiger partial charge in [-0.15, -0.1) is 0 Å². The van der Waals surface area contributed by atoms with Crippen LogP contribution in [0.1, 0.15) is 24.2 Å². The fraction of sp³-hybridized carbons (Fsp3) is 0.385. The van der Waals surface area contributed by atoms with Gasteiger partial charge in [0.2, 0.25) is 0 Å². The molecule has 0 unspecified atom stereocenters. The maximum Gasteiger partial charge on any atom is 0.124 e. The topological polar surface area (TPSA) is 41.6 Å². The van der Waals surface area contributed by atoms with Crippen molar-refractivity contribution in [2.75, 3.05) is 13.7 Å². The van der Waals surface area contributed by atoms with Crippen LogP contribution >= 0.6 is 0 Å². The van der Waals surface area contributed by atoms with E-state index in [-0.39, 0.29) is 0 Å². The Kier molecular flexibility index (Phi) is 2.14. The summed E-state index contributed by atoms with van der Waals surface area (Å²) in [5.41, 5.74) is 4.09. The van der Waals surface area contributed by atoms with Crippen LogP contribution in [0.25, 0.3) is 10.9 Å². The molecule has 0 amide bonds. The predicted molar refractivity (Wildman–Crippen MR) is 63.8 cm³/mol. The minimum Gasteiger partial charge on any atom is -0.497 e. The van der Waals surface area contributed by atoms with Gasteiger partial charge >= 0.3 is 0 Å². The highest BCUT2D eigenvalue weighted by Gasteiger charge is 2.23. The second kappa shape index (κ2) is 3.52. The zero-order valence-corrected chi connectivity index (χ0v) is 9.71. The third kappa shape index (κ3) is 1.32. The number of nitrogens with one attached hydrogen (secondary N) is 1. The molecule has 16 heavy (non-hydrogen) atoms. The number of aromatic amines is 1. The van der Waals surface area contributed by atoms with Gasteiger partial charge in [-0.05, 0) is 30.7 Å². The first-order valence-corrected chi connectivity index (χ1v) is 5.81. The predicted octanol–water partition coefficient (Wildman–Crippen LogP) is 1.36. The van der Waals surface area contributed by atoms with Crippen LogP contribution < -0.4 is 10.1 Å². The van der Waals surface area contributed by atoms with Gasteiger partial charge in [0.25, 0.3) is 0 Å². The molecule has 0 fully saturated rings. The monoisotopic (exact) mass is 217 g/mol. The summed E-state index contributed by atoms with van der Waals surface area (Å²) in [5, 5.41) is 3.71. The van der Waals surface area contributed by atoms with E-state index in [1.165, 1.54) is 28.7 Å².